The van der Waals surface area contributed by atoms with Gasteiger partial charge in [-0.15, -0.1) is 0 Å². The maximum atomic E-state index is 11.2. The van der Waals surface area contributed by atoms with Crippen LogP contribution in [0.1, 0.15) is 2.85 Å². The van der Waals surface area contributed by atoms with E-state index in [1.54, 1.807) is 45.2 Å². The average Bonchev–Trinajstić information content (AvgIpc) is 2.82. The minimum absolute atomic E-state index is 0. The molecule has 4 N–H and O–H groups in total. The number of aromatic hydroxyl groups is 2. The maximum absolute atomic E-state index is 11.2. The summed E-state index contributed by atoms with van der Waals surface area (Å²) in [6.07, 6.45) is 2.87. The van der Waals surface area contributed by atoms with E-state index in [1.807, 2.05) is 52.1 Å². The summed E-state index contributed by atoms with van der Waals surface area (Å²) in [5.41, 5.74) is 0.309. The molecule has 4 aromatic rings. The summed E-state index contributed by atoms with van der Waals surface area (Å²) in [6, 6.07) is 8.42. The number of pyridine rings is 2. The second-order valence-electron chi connectivity index (χ2n) is 8.84. The molecule has 2 aromatic carbocycles. The van der Waals surface area contributed by atoms with Crippen molar-refractivity contribution in [3.63, 3.8) is 0 Å². The molecule has 2 heterocycles. The molecule has 0 bridgehead atoms. The molecule has 0 amide bonds. The predicted octanol–water partition coefficient (Wildman–Crippen LogP) is 4.16. The number of aromatic nitrogens is 2. The number of fused-ring (bicyclic) bond motifs is 2. The number of nitrogens with zero attached hydrogens (tertiary/aromatic N) is 4. The predicted molar refractivity (Wildman–Crippen MR) is 173 cm³/mol. The third kappa shape index (κ3) is 12.4. The Labute approximate surface area is 280 Å². The quantitative estimate of drug-likeness (QED) is 0.129. The zero-order valence-corrected chi connectivity index (χ0v) is 29.6. The van der Waals surface area contributed by atoms with Crippen molar-refractivity contribution in [1.29, 1.82) is 0 Å². The van der Waals surface area contributed by atoms with Gasteiger partial charge in [-0.05, 0) is 124 Å². The molecular weight excluding hydrogens is 854 g/mol. The van der Waals surface area contributed by atoms with E-state index < -0.39 is 20.2 Å². The van der Waals surface area contributed by atoms with E-state index >= 15 is 0 Å². The average molecular weight is 886 g/mol. The van der Waals surface area contributed by atoms with Crippen LogP contribution >= 0.6 is 45.2 Å². The first-order chi connectivity index (χ1) is 18.3. The van der Waals surface area contributed by atoms with Crippen molar-refractivity contribution in [2.45, 2.75) is 9.79 Å². The molecule has 0 saturated carbocycles. The van der Waals surface area contributed by atoms with Crippen molar-refractivity contribution >= 4 is 87.2 Å². The molecule has 17 heteroatoms. The van der Waals surface area contributed by atoms with Gasteiger partial charge in [-0.1, -0.05) is 0 Å². The third-order valence-corrected chi connectivity index (χ3v) is 7.55. The van der Waals surface area contributed by atoms with E-state index in [1.165, 1.54) is 48.8 Å². The summed E-state index contributed by atoms with van der Waals surface area (Å²) in [6.45, 7) is 0. The van der Waals surface area contributed by atoms with Crippen molar-refractivity contribution < 1.29 is 56.1 Å². The molecule has 2 aromatic heterocycles. The minimum Gasteiger partial charge on any atom is -0.505 e. The fourth-order valence-electron chi connectivity index (χ4n) is 2.76. The number of benzene rings is 2. The van der Waals surface area contributed by atoms with Crippen molar-refractivity contribution in [2.24, 2.45) is 0 Å². The van der Waals surface area contributed by atoms with Crippen LogP contribution in [0, 0.1) is 7.14 Å². The van der Waals surface area contributed by atoms with Crippen molar-refractivity contribution in [2.75, 3.05) is 42.3 Å². The molecule has 1 radical (unpaired) electrons. The van der Waals surface area contributed by atoms with Gasteiger partial charge in [0.1, 0.15) is 20.8 Å². The fourth-order valence-corrected chi connectivity index (χ4v) is 5.74. The number of phenolic OH excluding ortho intramolecular Hbond substituents is 2. The van der Waals surface area contributed by atoms with Crippen LogP contribution in [0.3, 0.4) is 0 Å². The van der Waals surface area contributed by atoms with Gasteiger partial charge in [0.15, 0.2) is 11.5 Å². The monoisotopic (exact) mass is 885 g/mol. The molecule has 12 nitrogen and oxygen atoms in total. The molecule has 41 heavy (non-hydrogen) atoms. The maximum Gasteiger partial charge on any atom is 1.00 e. The molecule has 0 saturated heterocycles. The molecule has 0 spiro atoms. The first kappa shape index (κ1) is 39.6. The molecule has 4 rings (SSSR count). The molecule has 231 valence electrons. The van der Waals surface area contributed by atoms with Gasteiger partial charge in [0.05, 0.1) is 7.14 Å². The van der Waals surface area contributed by atoms with Gasteiger partial charge in [0.25, 0.3) is 20.2 Å². The number of halogens is 2. The number of rotatable bonds is 2. The first-order valence-corrected chi connectivity index (χ1v) is 16.0. The van der Waals surface area contributed by atoms with E-state index in [4.69, 9.17) is 9.11 Å². The Hall–Kier alpha value is -1.42. The second kappa shape index (κ2) is 17.0. The van der Waals surface area contributed by atoms with E-state index in [0.717, 1.165) is 0 Å². The van der Waals surface area contributed by atoms with Crippen molar-refractivity contribution in [1.82, 2.24) is 19.8 Å². The smallest absolute Gasteiger partial charge is 0.505 e. The Morgan fingerprint density at radius 3 is 1.20 bits per heavy atom. The number of hydrogen-bond acceptors (Lipinski definition) is 10. The first-order valence-electron chi connectivity index (χ1n) is 11.0. The number of hydrogen-bond donors (Lipinski definition) is 4. The molecule has 0 aliphatic rings. The zero-order chi connectivity index (χ0) is 31.0. The molecule has 0 aliphatic heterocycles. The summed E-state index contributed by atoms with van der Waals surface area (Å²) < 4.78 is 63.4. The zero-order valence-electron chi connectivity index (χ0n) is 24.7. The van der Waals surface area contributed by atoms with Crippen LogP contribution in [0.25, 0.3) is 21.8 Å². The molecule has 0 atom stereocenters. The van der Waals surface area contributed by atoms with E-state index in [2.05, 4.69) is 9.97 Å². The Bertz CT molecular complexity index is 1570. The van der Waals surface area contributed by atoms with Crippen LogP contribution in [0.2, 0.25) is 0 Å². The second-order valence-corrected chi connectivity index (χ2v) is 13.9. The van der Waals surface area contributed by atoms with Crippen LogP contribution in [0.5, 0.6) is 11.5 Å². The SMILES string of the molecule is CN(C)C.CN(C)C.O=S(=O)(O)c1cc(I)c(O)c2ncccc12.O=S(=O)(O)c1cc(I)c(O)c2ncccc12.[Cu].[H+].[H+]. The van der Waals surface area contributed by atoms with E-state index in [-0.39, 0.29) is 63.0 Å². The Morgan fingerprint density at radius 1 is 0.683 bits per heavy atom. The standard InChI is InChI=1S/2C9H6INO4S.2C3H9N.Cu/c2*10-6-4-7(16(13,14)15)5-2-1-3-11-8(5)9(6)12;2*1-4(2)3;/h2*1-4,12H,(H,13,14,15);2*1-3H3;/p+2. The van der Waals surface area contributed by atoms with Gasteiger partial charge in [0, 0.05) is 40.2 Å². The normalized spacial score (nSPS) is 11.0. The molecular formula is C24H32CuI2N4O8S2+2. The van der Waals surface area contributed by atoms with Crippen LogP contribution in [0.15, 0.2) is 58.6 Å². The van der Waals surface area contributed by atoms with Crippen LogP contribution in [-0.4, -0.2) is 98.2 Å². The van der Waals surface area contributed by atoms with Gasteiger partial charge in [-0.2, -0.15) is 16.8 Å². The summed E-state index contributed by atoms with van der Waals surface area (Å²) in [5, 5.41) is 19.8. The summed E-state index contributed by atoms with van der Waals surface area (Å²) in [4.78, 5) is 11.3. The van der Waals surface area contributed by atoms with Crippen molar-refractivity contribution in [3.8, 4) is 11.5 Å². The van der Waals surface area contributed by atoms with Gasteiger partial charge >= 0.3 is 2.85 Å². The molecule has 0 aliphatic carbocycles. The number of phenols is 2. The Balaban J connectivity index is -0.000000565. The summed E-state index contributed by atoms with van der Waals surface area (Å²) >= 11 is 3.54. The van der Waals surface area contributed by atoms with E-state index in [9.17, 15) is 27.0 Å². The molecule has 0 fully saturated rings. The van der Waals surface area contributed by atoms with Crippen LogP contribution < -0.4 is 0 Å². The Morgan fingerprint density at radius 2 is 0.951 bits per heavy atom. The Kier molecular flexibility index (Phi) is 16.4. The minimum atomic E-state index is -4.32. The van der Waals surface area contributed by atoms with Gasteiger partial charge in [-0.25, -0.2) is 0 Å². The van der Waals surface area contributed by atoms with Gasteiger partial charge in [0.2, 0.25) is 0 Å². The van der Waals surface area contributed by atoms with Gasteiger partial charge in [-0.3, -0.25) is 19.1 Å². The summed E-state index contributed by atoms with van der Waals surface area (Å²) in [5.74, 6) is -0.188. The topological polar surface area (TPSA) is 181 Å². The van der Waals surface area contributed by atoms with Crippen LogP contribution in [0.4, 0.5) is 0 Å². The van der Waals surface area contributed by atoms with Gasteiger partial charge < -0.3 is 20.0 Å². The third-order valence-electron chi connectivity index (χ3n) is 4.12. The van der Waals surface area contributed by atoms with Crippen LogP contribution in [-0.2, 0) is 37.3 Å². The largest absolute Gasteiger partial charge is 1.00 e. The fraction of sp³-hybridized carbons (Fsp3) is 0.250. The summed E-state index contributed by atoms with van der Waals surface area (Å²) in [7, 11) is 3.35. The van der Waals surface area contributed by atoms with Crippen molar-refractivity contribution in [3.05, 3.63) is 55.9 Å². The molecule has 0 unspecified atom stereocenters. The van der Waals surface area contributed by atoms with E-state index in [0.29, 0.717) is 7.14 Å².